The van der Waals surface area contributed by atoms with Crippen LogP contribution in [0.4, 0.5) is 8.78 Å². The summed E-state index contributed by atoms with van der Waals surface area (Å²) in [5.41, 5.74) is 5.98. The van der Waals surface area contributed by atoms with Crippen molar-refractivity contribution >= 4 is 11.8 Å². The van der Waals surface area contributed by atoms with Crippen molar-refractivity contribution in [3.8, 4) is 5.75 Å². The number of rotatable bonds is 5. The highest BCUT2D eigenvalue weighted by atomic mass is 32.2. The van der Waals surface area contributed by atoms with Gasteiger partial charge < -0.3 is 10.5 Å². The molecule has 0 heterocycles. The van der Waals surface area contributed by atoms with Crippen molar-refractivity contribution in [3.63, 3.8) is 0 Å². The zero-order valence-corrected chi connectivity index (χ0v) is 10.1. The number of halogens is 2. The van der Waals surface area contributed by atoms with E-state index >= 15 is 0 Å². The van der Waals surface area contributed by atoms with E-state index in [0.29, 0.717) is 6.42 Å². The number of methoxy groups -OCH3 is 1. The molecule has 0 aliphatic heterocycles. The molecule has 1 unspecified atom stereocenters. The fourth-order valence-electron chi connectivity index (χ4n) is 1.38. The number of hydrogen-bond donors (Lipinski definition) is 1. The lowest BCUT2D eigenvalue weighted by Crippen LogP contribution is -2.13. The Bertz CT molecular complexity index is 360. The van der Waals surface area contributed by atoms with Crippen LogP contribution < -0.4 is 10.5 Å². The Hall–Kier alpha value is -0.810. The number of hydrogen-bond acceptors (Lipinski definition) is 3. The Morgan fingerprint density at radius 2 is 2.06 bits per heavy atom. The topological polar surface area (TPSA) is 35.2 Å². The van der Waals surface area contributed by atoms with Crippen molar-refractivity contribution in [2.75, 3.05) is 19.1 Å². The summed E-state index contributed by atoms with van der Waals surface area (Å²) in [5.74, 6) is -0.391. The zero-order chi connectivity index (χ0) is 12.1. The second-order valence-corrected chi connectivity index (χ2v) is 4.38. The van der Waals surface area contributed by atoms with Gasteiger partial charge in [0, 0.05) is 17.7 Å². The highest BCUT2D eigenvalue weighted by molar-refractivity contribution is 7.98. The van der Waals surface area contributed by atoms with Crippen LogP contribution in [0.3, 0.4) is 0 Å². The smallest absolute Gasteiger partial charge is 0.165 e. The molecule has 90 valence electrons. The van der Waals surface area contributed by atoms with Crippen molar-refractivity contribution in [2.24, 2.45) is 5.73 Å². The van der Waals surface area contributed by atoms with E-state index in [4.69, 9.17) is 5.73 Å². The van der Waals surface area contributed by atoms with E-state index in [0.717, 1.165) is 17.9 Å². The first kappa shape index (κ1) is 13.3. The van der Waals surface area contributed by atoms with Gasteiger partial charge in [0.1, 0.15) is 5.82 Å². The SMILES string of the molecule is COc1cc(F)c(C(N)CCSC)cc1F. The van der Waals surface area contributed by atoms with Crippen LogP contribution in [0, 0.1) is 11.6 Å². The fraction of sp³-hybridized carbons (Fsp3) is 0.455. The van der Waals surface area contributed by atoms with Gasteiger partial charge in [0.2, 0.25) is 0 Å². The summed E-state index contributed by atoms with van der Waals surface area (Å²) in [4.78, 5) is 0. The molecule has 1 atom stereocenters. The van der Waals surface area contributed by atoms with Gasteiger partial charge in [-0.2, -0.15) is 11.8 Å². The molecular weight excluding hydrogens is 232 g/mol. The van der Waals surface area contributed by atoms with E-state index in [-0.39, 0.29) is 11.3 Å². The van der Waals surface area contributed by atoms with E-state index in [1.54, 1.807) is 11.8 Å². The van der Waals surface area contributed by atoms with Gasteiger partial charge in [-0.15, -0.1) is 0 Å². The Labute approximate surface area is 98.2 Å². The molecule has 0 spiro atoms. The Morgan fingerprint density at radius 3 is 2.62 bits per heavy atom. The third kappa shape index (κ3) is 3.09. The first-order chi connectivity index (χ1) is 7.60. The molecule has 0 fully saturated rings. The van der Waals surface area contributed by atoms with Crippen molar-refractivity contribution in [2.45, 2.75) is 12.5 Å². The molecule has 0 saturated carbocycles. The molecule has 0 aromatic heterocycles. The van der Waals surface area contributed by atoms with Gasteiger partial charge in [0.15, 0.2) is 11.6 Å². The average molecular weight is 247 g/mol. The molecule has 2 N–H and O–H groups in total. The molecule has 0 amide bonds. The second-order valence-electron chi connectivity index (χ2n) is 3.40. The van der Waals surface area contributed by atoms with E-state index in [1.807, 2.05) is 6.26 Å². The Balaban J connectivity index is 2.92. The fourth-order valence-corrected chi connectivity index (χ4v) is 1.87. The molecule has 5 heteroatoms. The molecule has 1 aromatic rings. The van der Waals surface area contributed by atoms with Crippen LogP contribution >= 0.6 is 11.8 Å². The van der Waals surface area contributed by atoms with Crippen molar-refractivity contribution in [1.29, 1.82) is 0 Å². The van der Waals surface area contributed by atoms with Gasteiger partial charge in [-0.1, -0.05) is 0 Å². The highest BCUT2D eigenvalue weighted by Gasteiger charge is 2.15. The van der Waals surface area contributed by atoms with Crippen LogP contribution in [0.15, 0.2) is 12.1 Å². The molecular formula is C11H15F2NOS. The monoisotopic (exact) mass is 247 g/mol. The number of benzene rings is 1. The van der Waals surface area contributed by atoms with Crippen molar-refractivity contribution < 1.29 is 13.5 Å². The molecule has 0 saturated heterocycles. The summed E-state index contributed by atoms with van der Waals surface area (Å²) >= 11 is 1.62. The number of nitrogens with two attached hydrogens (primary N) is 1. The standard InChI is InChI=1S/C11H15F2NOS/c1-15-11-6-8(12)7(5-9(11)13)10(14)3-4-16-2/h5-6,10H,3-4,14H2,1-2H3. The summed E-state index contributed by atoms with van der Waals surface area (Å²) in [6, 6.07) is 1.66. The van der Waals surface area contributed by atoms with Gasteiger partial charge in [0.05, 0.1) is 7.11 Å². The first-order valence-electron chi connectivity index (χ1n) is 4.87. The molecule has 1 rings (SSSR count). The van der Waals surface area contributed by atoms with Gasteiger partial charge in [-0.05, 0) is 24.5 Å². The molecule has 0 aliphatic rings. The molecule has 16 heavy (non-hydrogen) atoms. The van der Waals surface area contributed by atoms with Crippen LogP contribution in [0.1, 0.15) is 18.0 Å². The average Bonchev–Trinajstić information content (AvgIpc) is 2.28. The van der Waals surface area contributed by atoms with Crippen molar-refractivity contribution in [3.05, 3.63) is 29.3 Å². The minimum Gasteiger partial charge on any atom is -0.494 e. The van der Waals surface area contributed by atoms with E-state index in [9.17, 15) is 8.78 Å². The summed E-state index contributed by atoms with van der Waals surface area (Å²) in [6.07, 6.45) is 2.56. The minimum absolute atomic E-state index is 0.0988. The summed E-state index contributed by atoms with van der Waals surface area (Å²) in [6.45, 7) is 0. The molecule has 1 aromatic carbocycles. The van der Waals surface area contributed by atoms with Crippen LogP contribution in [-0.4, -0.2) is 19.1 Å². The second kappa shape index (κ2) is 6.06. The van der Waals surface area contributed by atoms with Crippen LogP contribution in [0.2, 0.25) is 0 Å². The molecule has 0 bridgehead atoms. The predicted octanol–water partition coefficient (Wildman–Crippen LogP) is 2.73. The van der Waals surface area contributed by atoms with Crippen molar-refractivity contribution in [1.82, 2.24) is 0 Å². The zero-order valence-electron chi connectivity index (χ0n) is 9.30. The lowest BCUT2D eigenvalue weighted by atomic mass is 10.0. The summed E-state index contributed by atoms with van der Waals surface area (Å²) < 4.78 is 31.6. The van der Waals surface area contributed by atoms with Gasteiger partial charge in [-0.25, -0.2) is 8.78 Å². The van der Waals surface area contributed by atoms with Crippen LogP contribution in [0.25, 0.3) is 0 Å². The van der Waals surface area contributed by atoms with Gasteiger partial charge in [-0.3, -0.25) is 0 Å². The third-order valence-corrected chi connectivity index (χ3v) is 2.95. The maximum atomic E-state index is 13.6. The van der Waals surface area contributed by atoms with E-state index in [2.05, 4.69) is 4.74 Å². The number of ether oxygens (including phenoxy) is 1. The maximum Gasteiger partial charge on any atom is 0.165 e. The molecule has 0 aliphatic carbocycles. The molecule has 2 nitrogen and oxygen atoms in total. The first-order valence-corrected chi connectivity index (χ1v) is 6.27. The molecule has 0 radical (unpaired) electrons. The predicted molar refractivity (Wildman–Crippen MR) is 62.8 cm³/mol. The van der Waals surface area contributed by atoms with Crippen LogP contribution in [-0.2, 0) is 0 Å². The maximum absolute atomic E-state index is 13.6. The summed E-state index contributed by atoms with van der Waals surface area (Å²) in [7, 11) is 1.30. The van der Waals surface area contributed by atoms with E-state index < -0.39 is 17.7 Å². The summed E-state index contributed by atoms with van der Waals surface area (Å²) in [5, 5.41) is 0. The Morgan fingerprint density at radius 1 is 1.38 bits per heavy atom. The van der Waals surface area contributed by atoms with E-state index in [1.165, 1.54) is 7.11 Å². The Kier molecular flexibility index (Phi) is 5.02. The van der Waals surface area contributed by atoms with Gasteiger partial charge >= 0.3 is 0 Å². The lowest BCUT2D eigenvalue weighted by Gasteiger charge is -2.13. The largest absolute Gasteiger partial charge is 0.494 e. The third-order valence-electron chi connectivity index (χ3n) is 2.30. The number of thioether (sulfide) groups is 1. The van der Waals surface area contributed by atoms with Crippen LogP contribution in [0.5, 0.6) is 5.75 Å². The van der Waals surface area contributed by atoms with Gasteiger partial charge in [0.25, 0.3) is 0 Å². The quantitative estimate of drug-likeness (QED) is 0.869. The lowest BCUT2D eigenvalue weighted by molar-refractivity contribution is 0.381. The highest BCUT2D eigenvalue weighted by Crippen LogP contribution is 2.26. The minimum atomic E-state index is -0.585. The normalized spacial score (nSPS) is 12.6.